The summed E-state index contributed by atoms with van der Waals surface area (Å²) in [5, 5.41) is 6.25. The van der Waals surface area contributed by atoms with Crippen LogP contribution in [0.2, 0.25) is 0 Å². The Hall–Kier alpha value is -1.27. The van der Waals surface area contributed by atoms with E-state index in [9.17, 15) is 4.79 Å². The third-order valence-electron chi connectivity index (χ3n) is 2.12. The summed E-state index contributed by atoms with van der Waals surface area (Å²) in [5.41, 5.74) is 8.75. The highest BCUT2D eigenvalue weighted by atomic mass is 127. The van der Waals surface area contributed by atoms with E-state index in [4.69, 9.17) is 5.53 Å². The number of hydrogen-bond donors (Lipinski definition) is 1. The number of nitrogens with zero attached hydrogens (tertiary/aromatic N) is 3. The fourth-order valence-corrected chi connectivity index (χ4v) is 1.83. The predicted octanol–water partition coefficient (Wildman–Crippen LogP) is 3.11. The van der Waals surface area contributed by atoms with E-state index >= 15 is 0 Å². The molecule has 5 nitrogen and oxygen atoms in total. The van der Waals surface area contributed by atoms with E-state index in [2.05, 4.69) is 37.9 Å². The molecule has 0 aliphatic carbocycles. The number of carbonyl (C=O) groups is 1. The van der Waals surface area contributed by atoms with Crippen LogP contribution in [0.4, 0.5) is 0 Å². The highest BCUT2D eigenvalue weighted by Crippen LogP contribution is 2.07. The van der Waals surface area contributed by atoms with Gasteiger partial charge in [-0.2, -0.15) is 0 Å². The number of carbonyl (C=O) groups excluding carboxylic acids is 1. The van der Waals surface area contributed by atoms with Crippen molar-refractivity contribution in [2.45, 2.75) is 12.8 Å². The number of benzene rings is 1. The van der Waals surface area contributed by atoms with Crippen molar-refractivity contribution < 1.29 is 4.79 Å². The Morgan fingerprint density at radius 2 is 2.29 bits per heavy atom. The van der Waals surface area contributed by atoms with Gasteiger partial charge in [0.05, 0.1) is 0 Å². The third-order valence-corrected chi connectivity index (χ3v) is 2.79. The van der Waals surface area contributed by atoms with Crippen LogP contribution >= 0.6 is 22.6 Å². The fourth-order valence-electron chi connectivity index (χ4n) is 1.29. The molecule has 0 aliphatic rings. The molecule has 6 heteroatoms. The second-order valence-corrected chi connectivity index (χ2v) is 4.67. The van der Waals surface area contributed by atoms with Crippen LogP contribution in [0.1, 0.15) is 23.2 Å². The second kappa shape index (κ2) is 7.92. The monoisotopic (exact) mass is 344 g/mol. The van der Waals surface area contributed by atoms with Gasteiger partial charge < -0.3 is 5.32 Å². The Bertz CT molecular complexity index is 429. The molecular formula is C11H13IN4O. The van der Waals surface area contributed by atoms with Crippen LogP contribution in [0.3, 0.4) is 0 Å². The zero-order chi connectivity index (χ0) is 12.5. The van der Waals surface area contributed by atoms with Gasteiger partial charge in [-0.3, -0.25) is 4.79 Å². The Kier molecular flexibility index (Phi) is 6.42. The van der Waals surface area contributed by atoms with Crippen molar-refractivity contribution in [1.29, 1.82) is 0 Å². The summed E-state index contributed by atoms with van der Waals surface area (Å²) in [6.45, 7) is 1.08. The molecule has 0 aromatic heterocycles. The molecule has 90 valence electrons. The molecule has 0 atom stereocenters. The van der Waals surface area contributed by atoms with E-state index in [-0.39, 0.29) is 5.91 Å². The molecule has 0 aliphatic heterocycles. The van der Waals surface area contributed by atoms with Crippen LogP contribution in [-0.2, 0) is 0 Å². The lowest BCUT2D eigenvalue weighted by Gasteiger charge is -2.04. The first-order chi connectivity index (χ1) is 8.24. The lowest BCUT2D eigenvalue weighted by molar-refractivity contribution is 0.0953. The number of unbranched alkanes of at least 4 members (excludes halogenated alkanes) is 1. The highest BCUT2D eigenvalue weighted by Gasteiger charge is 2.03. The summed E-state index contributed by atoms with van der Waals surface area (Å²) >= 11 is 2.17. The van der Waals surface area contributed by atoms with Crippen molar-refractivity contribution >= 4 is 28.5 Å². The van der Waals surface area contributed by atoms with Gasteiger partial charge in [-0.25, -0.2) is 0 Å². The lowest BCUT2D eigenvalue weighted by Crippen LogP contribution is -2.24. The van der Waals surface area contributed by atoms with E-state index in [0.29, 0.717) is 18.7 Å². The zero-order valence-electron chi connectivity index (χ0n) is 9.27. The van der Waals surface area contributed by atoms with Gasteiger partial charge in [0.1, 0.15) is 0 Å². The van der Waals surface area contributed by atoms with Crippen LogP contribution in [0, 0.1) is 3.57 Å². The Balaban J connectivity index is 2.28. The minimum Gasteiger partial charge on any atom is -0.352 e. The maximum absolute atomic E-state index is 11.7. The SMILES string of the molecule is [N-]=[N+]=NCCCCNC(=O)c1cccc(I)c1. The van der Waals surface area contributed by atoms with E-state index < -0.39 is 0 Å². The summed E-state index contributed by atoms with van der Waals surface area (Å²) in [5.74, 6) is -0.0627. The number of halogens is 1. The third kappa shape index (κ3) is 5.55. The fraction of sp³-hybridized carbons (Fsp3) is 0.364. The van der Waals surface area contributed by atoms with Crippen molar-refractivity contribution in [3.05, 3.63) is 43.8 Å². The summed E-state index contributed by atoms with van der Waals surface area (Å²) in [7, 11) is 0. The van der Waals surface area contributed by atoms with Crippen molar-refractivity contribution in [2.24, 2.45) is 5.11 Å². The number of azide groups is 1. The number of rotatable bonds is 6. The first kappa shape index (κ1) is 13.8. The van der Waals surface area contributed by atoms with E-state index in [1.165, 1.54) is 0 Å². The summed E-state index contributed by atoms with van der Waals surface area (Å²) in [6.07, 6.45) is 1.60. The quantitative estimate of drug-likeness (QED) is 0.278. The van der Waals surface area contributed by atoms with Crippen molar-refractivity contribution in [3.63, 3.8) is 0 Å². The second-order valence-electron chi connectivity index (χ2n) is 3.43. The smallest absolute Gasteiger partial charge is 0.251 e. The first-order valence-corrected chi connectivity index (χ1v) is 6.36. The molecule has 17 heavy (non-hydrogen) atoms. The zero-order valence-corrected chi connectivity index (χ0v) is 11.4. The standard InChI is InChI=1S/C11H13IN4O/c12-10-5-3-4-9(8-10)11(17)14-6-1-2-7-15-16-13/h3-5,8H,1-2,6-7H2,(H,14,17). The van der Waals surface area contributed by atoms with E-state index in [1.54, 1.807) is 6.07 Å². The minimum absolute atomic E-state index is 0.0627. The molecule has 0 saturated carbocycles. The van der Waals surface area contributed by atoms with Gasteiger partial charge in [-0.1, -0.05) is 11.2 Å². The largest absolute Gasteiger partial charge is 0.352 e. The maximum Gasteiger partial charge on any atom is 0.251 e. The molecule has 0 saturated heterocycles. The van der Waals surface area contributed by atoms with Crippen LogP contribution in [0.15, 0.2) is 29.4 Å². The van der Waals surface area contributed by atoms with Crippen LogP contribution in [0.5, 0.6) is 0 Å². The molecule has 0 fully saturated rings. The van der Waals surface area contributed by atoms with Crippen LogP contribution in [-0.4, -0.2) is 19.0 Å². The van der Waals surface area contributed by atoms with Crippen molar-refractivity contribution in [2.75, 3.05) is 13.1 Å². The molecule has 1 aromatic rings. The van der Waals surface area contributed by atoms with Gasteiger partial charge in [0, 0.05) is 27.1 Å². The van der Waals surface area contributed by atoms with Crippen molar-refractivity contribution in [1.82, 2.24) is 5.32 Å². The highest BCUT2D eigenvalue weighted by molar-refractivity contribution is 14.1. The summed E-state index contributed by atoms with van der Waals surface area (Å²) in [6, 6.07) is 7.43. The first-order valence-electron chi connectivity index (χ1n) is 5.28. The molecule has 1 rings (SSSR count). The van der Waals surface area contributed by atoms with Gasteiger partial charge in [0.15, 0.2) is 0 Å². The maximum atomic E-state index is 11.7. The van der Waals surface area contributed by atoms with Gasteiger partial charge >= 0.3 is 0 Å². The topological polar surface area (TPSA) is 77.9 Å². The number of amides is 1. The Labute approximate surface area is 113 Å². The molecule has 1 amide bonds. The normalized spacial score (nSPS) is 9.47. The Morgan fingerprint density at radius 3 is 3.00 bits per heavy atom. The van der Waals surface area contributed by atoms with E-state index in [0.717, 1.165) is 16.4 Å². The number of nitrogens with one attached hydrogen (secondary N) is 1. The predicted molar refractivity (Wildman–Crippen MR) is 74.7 cm³/mol. The molecule has 0 spiro atoms. The molecule has 0 unspecified atom stereocenters. The average Bonchev–Trinajstić information content (AvgIpc) is 2.33. The molecule has 1 N–H and O–H groups in total. The van der Waals surface area contributed by atoms with Crippen LogP contribution in [0.25, 0.3) is 10.4 Å². The summed E-state index contributed by atoms with van der Waals surface area (Å²) < 4.78 is 1.04. The van der Waals surface area contributed by atoms with Crippen molar-refractivity contribution in [3.8, 4) is 0 Å². The minimum atomic E-state index is -0.0627. The molecular weight excluding hydrogens is 331 g/mol. The molecule has 0 bridgehead atoms. The average molecular weight is 344 g/mol. The molecule has 0 radical (unpaired) electrons. The van der Waals surface area contributed by atoms with Gasteiger partial charge in [-0.15, -0.1) is 0 Å². The van der Waals surface area contributed by atoms with Gasteiger partial charge in [0.2, 0.25) is 0 Å². The number of hydrogen-bond acceptors (Lipinski definition) is 2. The van der Waals surface area contributed by atoms with Gasteiger partial charge in [-0.05, 0) is 59.2 Å². The van der Waals surface area contributed by atoms with Crippen LogP contribution < -0.4 is 5.32 Å². The molecule has 1 aromatic carbocycles. The van der Waals surface area contributed by atoms with E-state index in [1.807, 2.05) is 18.2 Å². The lowest BCUT2D eigenvalue weighted by atomic mass is 10.2. The summed E-state index contributed by atoms with van der Waals surface area (Å²) in [4.78, 5) is 14.4. The molecule has 0 heterocycles. The van der Waals surface area contributed by atoms with Gasteiger partial charge in [0.25, 0.3) is 5.91 Å². The Morgan fingerprint density at radius 1 is 1.47 bits per heavy atom.